The van der Waals surface area contributed by atoms with Gasteiger partial charge in [-0.3, -0.25) is 4.90 Å². The lowest BCUT2D eigenvalue weighted by atomic mass is 9.97. The number of carbonyl (C=O) groups is 2. The molecule has 2 atom stereocenters. The molecule has 2 bridgehead atoms. The number of fused-ring (bicyclic) bond motifs is 5. The molecule has 5 nitrogen and oxygen atoms in total. The minimum atomic E-state index is -1.06. The molecule has 5 heteroatoms. The van der Waals surface area contributed by atoms with Gasteiger partial charge in [0.2, 0.25) is 0 Å². The molecular formula is C22H21NO4. The molecule has 27 heavy (non-hydrogen) atoms. The predicted molar refractivity (Wildman–Crippen MR) is 99.5 cm³/mol. The normalized spacial score (nSPS) is 25.3. The zero-order valence-corrected chi connectivity index (χ0v) is 14.9. The van der Waals surface area contributed by atoms with Gasteiger partial charge in [-0.05, 0) is 47.4 Å². The first-order valence-corrected chi connectivity index (χ1v) is 9.46. The van der Waals surface area contributed by atoms with Gasteiger partial charge in [-0.1, -0.05) is 48.5 Å². The Labute approximate surface area is 157 Å². The lowest BCUT2D eigenvalue weighted by Gasteiger charge is -2.34. The molecule has 0 radical (unpaired) electrons. The highest BCUT2D eigenvalue weighted by Crippen LogP contribution is 2.48. The smallest absolute Gasteiger partial charge is 0.410 e. The van der Waals surface area contributed by atoms with Crippen molar-refractivity contribution in [2.75, 3.05) is 13.2 Å². The van der Waals surface area contributed by atoms with Gasteiger partial charge in [-0.25, -0.2) is 9.59 Å². The summed E-state index contributed by atoms with van der Waals surface area (Å²) in [6.45, 7) is 0.715. The molecule has 138 valence electrons. The quantitative estimate of drug-likeness (QED) is 0.899. The van der Waals surface area contributed by atoms with Gasteiger partial charge < -0.3 is 9.84 Å². The Morgan fingerprint density at radius 2 is 1.70 bits per heavy atom. The SMILES string of the molecule is O=C(OCC1c2ccccc2-c2ccccc21)N1C[C@H]2CC[C@]1(C(=O)O)C2. The van der Waals surface area contributed by atoms with Crippen LogP contribution in [0.1, 0.15) is 36.3 Å². The molecule has 1 aliphatic heterocycles. The maximum atomic E-state index is 12.8. The second-order valence-corrected chi connectivity index (χ2v) is 7.86. The number of nitrogens with zero attached hydrogens (tertiary/aromatic N) is 1. The minimum absolute atomic E-state index is 0.0121. The number of ether oxygens (including phenoxy) is 1. The molecule has 0 aromatic heterocycles. The first kappa shape index (κ1) is 16.4. The van der Waals surface area contributed by atoms with Crippen molar-refractivity contribution < 1.29 is 19.4 Å². The molecule has 1 saturated carbocycles. The summed E-state index contributed by atoms with van der Waals surface area (Å²) in [5.41, 5.74) is 3.60. The van der Waals surface area contributed by atoms with E-state index in [0.29, 0.717) is 19.4 Å². The highest BCUT2D eigenvalue weighted by molar-refractivity contribution is 5.86. The third-order valence-corrected chi connectivity index (χ3v) is 6.50. The van der Waals surface area contributed by atoms with E-state index in [-0.39, 0.29) is 18.4 Å². The van der Waals surface area contributed by atoms with E-state index < -0.39 is 17.6 Å². The average Bonchev–Trinajstić information content (AvgIpc) is 3.37. The fraction of sp³-hybridized carbons (Fsp3) is 0.364. The molecule has 0 unspecified atom stereocenters. The number of carboxylic acid groups (broad SMARTS) is 1. The van der Waals surface area contributed by atoms with E-state index in [1.165, 1.54) is 16.0 Å². The van der Waals surface area contributed by atoms with E-state index >= 15 is 0 Å². The van der Waals surface area contributed by atoms with Crippen molar-refractivity contribution in [1.82, 2.24) is 4.90 Å². The van der Waals surface area contributed by atoms with Crippen molar-refractivity contribution in [3.05, 3.63) is 59.7 Å². The van der Waals surface area contributed by atoms with Crippen LogP contribution in [0.4, 0.5) is 4.79 Å². The van der Waals surface area contributed by atoms with Gasteiger partial charge in [0.1, 0.15) is 12.1 Å². The fourth-order valence-corrected chi connectivity index (χ4v) is 5.19. The summed E-state index contributed by atoms with van der Waals surface area (Å²) in [7, 11) is 0. The molecule has 2 fully saturated rings. The molecule has 5 rings (SSSR count). The summed E-state index contributed by atoms with van der Waals surface area (Å²) in [5, 5.41) is 9.70. The number of carbonyl (C=O) groups excluding carboxylic acids is 1. The molecule has 2 aliphatic carbocycles. The summed E-state index contributed by atoms with van der Waals surface area (Å²) >= 11 is 0. The van der Waals surface area contributed by atoms with E-state index in [0.717, 1.165) is 17.5 Å². The number of likely N-dealkylation sites (tertiary alicyclic amines) is 1. The third-order valence-electron chi connectivity index (χ3n) is 6.50. The molecule has 1 amide bonds. The fourth-order valence-electron chi connectivity index (χ4n) is 5.19. The molecule has 1 saturated heterocycles. The predicted octanol–water partition coefficient (Wildman–Crippen LogP) is 3.87. The Kier molecular flexibility index (Phi) is 3.54. The Hall–Kier alpha value is -2.82. The monoisotopic (exact) mass is 363 g/mol. The number of rotatable bonds is 3. The van der Waals surface area contributed by atoms with Gasteiger partial charge >= 0.3 is 12.1 Å². The number of carboxylic acids is 1. The summed E-state index contributed by atoms with van der Waals surface area (Å²) in [6, 6.07) is 16.4. The topological polar surface area (TPSA) is 66.8 Å². The van der Waals surface area contributed by atoms with Crippen LogP contribution in [0, 0.1) is 5.92 Å². The largest absolute Gasteiger partial charge is 0.479 e. The first-order chi connectivity index (χ1) is 13.1. The van der Waals surface area contributed by atoms with Crippen LogP contribution in [-0.2, 0) is 9.53 Å². The van der Waals surface area contributed by atoms with Crippen LogP contribution in [0.15, 0.2) is 48.5 Å². The number of amides is 1. The lowest BCUT2D eigenvalue weighted by Crippen LogP contribution is -2.53. The van der Waals surface area contributed by atoms with Crippen molar-refractivity contribution in [3.63, 3.8) is 0 Å². The molecule has 2 aromatic carbocycles. The van der Waals surface area contributed by atoms with E-state index in [4.69, 9.17) is 4.74 Å². The molecule has 1 N–H and O–H groups in total. The van der Waals surface area contributed by atoms with Crippen molar-refractivity contribution >= 4 is 12.1 Å². The Morgan fingerprint density at radius 1 is 1.07 bits per heavy atom. The second-order valence-electron chi connectivity index (χ2n) is 7.86. The number of benzene rings is 2. The van der Waals surface area contributed by atoms with Crippen molar-refractivity contribution in [1.29, 1.82) is 0 Å². The summed E-state index contributed by atoms with van der Waals surface area (Å²) in [6.07, 6.45) is 1.45. The van der Waals surface area contributed by atoms with Crippen molar-refractivity contribution in [2.45, 2.75) is 30.7 Å². The highest BCUT2D eigenvalue weighted by atomic mass is 16.6. The molecule has 3 aliphatic rings. The summed E-state index contributed by atoms with van der Waals surface area (Å²) in [5.74, 6) is -0.639. The van der Waals surface area contributed by atoms with Crippen LogP contribution < -0.4 is 0 Å². The standard InChI is InChI=1S/C22H21NO4/c24-20(25)22-10-9-14(11-22)12-23(22)21(26)27-13-19-17-7-3-1-5-15(17)16-6-2-4-8-18(16)19/h1-8,14,19H,9-13H2,(H,24,25)/t14-,22+/m0/s1. The van der Waals surface area contributed by atoms with Gasteiger partial charge in [-0.15, -0.1) is 0 Å². The van der Waals surface area contributed by atoms with Crippen LogP contribution in [-0.4, -0.2) is 40.8 Å². The second kappa shape index (κ2) is 5.84. The van der Waals surface area contributed by atoms with E-state index in [2.05, 4.69) is 24.3 Å². The minimum Gasteiger partial charge on any atom is -0.479 e. The van der Waals surface area contributed by atoms with Crippen LogP contribution in [0.2, 0.25) is 0 Å². The van der Waals surface area contributed by atoms with Gasteiger partial charge in [0, 0.05) is 12.5 Å². The molecule has 2 aromatic rings. The van der Waals surface area contributed by atoms with Crippen LogP contribution in [0.5, 0.6) is 0 Å². The Balaban J connectivity index is 1.38. The number of hydrogen-bond donors (Lipinski definition) is 1. The van der Waals surface area contributed by atoms with Crippen LogP contribution >= 0.6 is 0 Å². The Morgan fingerprint density at radius 3 is 2.30 bits per heavy atom. The van der Waals surface area contributed by atoms with Gasteiger partial charge in [0.25, 0.3) is 0 Å². The van der Waals surface area contributed by atoms with E-state index in [9.17, 15) is 14.7 Å². The van der Waals surface area contributed by atoms with Crippen molar-refractivity contribution in [2.24, 2.45) is 5.92 Å². The summed E-state index contributed by atoms with van der Waals surface area (Å²) in [4.78, 5) is 26.1. The maximum absolute atomic E-state index is 12.8. The van der Waals surface area contributed by atoms with Gasteiger partial charge in [0.15, 0.2) is 0 Å². The average molecular weight is 363 g/mol. The highest BCUT2D eigenvalue weighted by Gasteiger charge is 2.58. The van der Waals surface area contributed by atoms with Crippen molar-refractivity contribution in [3.8, 4) is 11.1 Å². The Bertz CT molecular complexity index is 894. The first-order valence-electron chi connectivity index (χ1n) is 9.46. The van der Waals surface area contributed by atoms with E-state index in [1.54, 1.807) is 0 Å². The van der Waals surface area contributed by atoms with Gasteiger partial charge in [0.05, 0.1) is 0 Å². The third kappa shape index (κ3) is 2.30. The molecule has 1 heterocycles. The molecular weight excluding hydrogens is 342 g/mol. The number of aliphatic carboxylic acids is 1. The zero-order valence-electron chi connectivity index (χ0n) is 14.9. The van der Waals surface area contributed by atoms with E-state index in [1.807, 2.05) is 24.3 Å². The molecule has 0 spiro atoms. The van der Waals surface area contributed by atoms with Crippen LogP contribution in [0.25, 0.3) is 11.1 Å². The maximum Gasteiger partial charge on any atom is 0.410 e. The number of piperidine rings is 1. The lowest BCUT2D eigenvalue weighted by molar-refractivity contribution is -0.149. The summed E-state index contributed by atoms with van der Waals surface area (Å²) < 4.78 is 5.68. The zero-order chi connectivity index (χ0) is 18.6. The van der Waals surface area contributed by atoms with Crippen LogP contribution in [0.3, 0.4) is 0 Å². The van der Waals surface area contributed by atoms with Gasteiger partial charge in [-0.2, -0.15) is 0 Å². The number of hydrogen-bond acceptors (Lipinski definition) is 3.